The molecule has 2 aromatic heterocycles. The summed E-state index contributed by atoms with van der Waals surface area (Å²) in [5.74, 6) is -1.09. The highest BCUT2D eigenvalue weighted by atomic mass is 16.5. The van der Waals surface area contributed by atoms with E-state index in [2.05, 4.69) is 0 Å². The molecule has 3 rings (SSSR count). The summed E-state index contributed by atoms with van der Waals surface area (Å²) >= 11 is 0. The number of aryl methyl sites for hydroxylation is 2. The van der Waals surface area contributed by atoms with Crippen molar-refractivity contribution in [1.82, 2.24) is 9.61 Å². The van der Waals surface area contributed by atoms with Crippen LogP contribution >= 0.6 is 0 Å². The summed E-state index contributed by atoms with van der Waals surface area (Å²) in [7, 11) is 0. The summed E-state index contributed by atoms with van der Waals surface area (Å²) in [6.07, 6.45) is 0.513. The minimum Gasteiger partial charge on any atom is -0.462 e. The molecule has 6 heteroatoms. The number of fused-ring (bicyclic) bond motifs is 1. The number of rotatable bonds is 6. The normalized spacial score (nSPS) is 10.9. The fourth-order valence-electron chi connectivity index (χ4n) is 3.23. The average molecular weight is 380 g/mol. The van der Waals surface area contributed by atoms with Gasteiger partial charge in [0.2, 0.25) is 0 Å². The number of esters is 2. The minimum absolute atomic E-state index is 0.208. The first-order chi connectivity index (χ1) is 13.5. The number of ether oxygens (including phenoxy) is 2. The van der Waals surface area contributed by atoms with E-state index in [0.717, 1.165) is 16.8 Å². The number of nitrogens with zero attached hydrogens (tertiary/aromatic N) is 2. The standard InChI is InChI=1S/C22H24N2O4/c1-5-17-19(21(25)27-6-2)20(22(26)28-7-3)18-13-12-16(23-24(17)18)15-10-8-14(4)9-11-15/h8-13H,5-7H2,1-4H3. The second kappa shape index (κ2) is 8.25. The number of hydrogen-bond donors (Lipinski definition) is 0. The molecule has 0 aliphatic carbocycles. The summed E-state index contributed by atoms with van der Waals surface area (Å²) in [6, 6.07) is 11.7. The molecule has 3 aromatic rings. The highest BCUT2D eigenvalue weighted by Crippen LogP contribution is 2.28. The first-order valence-electron chi connectivity index (χ1n) is 9.47. The number of hydrogen-bond acceptors (Lipinski definition) is 5. The maximum absolute atomic E-state index is 12.6. The number of carbonyl (C=O) groups excluding carboxylic acids is 2. The van der Waals surface area contributed by atoms with Crippen molar-refractivity contribution >= 4 is 17.5 Å². The van der Waals surface area contributed by atoms with Gasteiger partial charge in [0.15, 0.2) is 0 Å². The second-order valence-electron chi connectivity index (χ2n) is 6.37. The molecule has 0 unspecified atom stereocenters. The van der Waals surface area contributed by atoms with Gasteiger partial charge in [-0.25, -0.2) is 14.1 Å². The zero-order valence-electron chi connectivity index (χ0n) is 16.6. The van der Waals surface area contributed by atoms with E-state index in [1.54, 1.807) is 24.4 Å². The molecule has 0 bridgehead atoms. The van der Waals surface area contributed by atoms with Crippen molar-refractivity contribution in [1.29, 1.82) is 0 Å². The molecule has 0 aliphatic heterocycles. The van der Waals surface area contributed by atoms with Gasteiger partial charge in [-0.2, -0.15) is 5.10 Å². The molecule has 6 nitrogen and oxygen atoms in total. The van der Waals surface area contributed by atoms with Crippen LogP contribution in [0.4, 0.5) is 0 Å². The highest BCUT2D eigenvalue weighted by molar-refractivity contribution is 6.09. The Kier molecular flexibility index (Phi) is 5.78. The molecule has 0 saturated carbocycles. The Bertz CT molecular complexity index is 1020. The molecule has 0 aliphatic rings. The van der Waals surface area contributed by atoms with Gasteiger partial charge in [-0.05, 0) is 39.3 Å². The summed E-state index contributed by atoms with van der Waals surface area (Å²) in [4.78, 5) is 25.3. The molecule has 0 radical (unpaired) electrons. The maximum atomic E-state index is 12.6. The molecule has 28 heavy (non-hydrogen) atoms. The maximum Gasteiger partial charge on any atom is 0.341 e. The van der Waals surface area contributed by atoms with Gasteiger partial charge in [0.25, 0.3) is 0 Å². The van der Waals surface area contributed by atoms with Crippen LogP contribution in [0.25, 0.3) is 16.8 Å². The molecular formula is C22H24N2O4. The third kappa shape index (κ3) is 3.50. The molecule has 0 spiro atoms. The lowest BCUT2D eigenvalue weighted by Gasteiger charge is -2.06. The van der Waals surface area contributed by atoms with Gasteiger partial charge in [-0.3, -0.25) is 0 Å². The summed E-state index contributed by atoms with van der Waals surface area (Å²) < 4.78 is 12.1. The minimum atomic E-state index is -0.548. The lowest BCUT2D eigenvalue weighted by molar-refractivity contribution is 0.0481. The molecule has 0 atom stereocenters. The molecule has 0 saturated heterocycles. The number of carbonyl (C=O) groups is 2. The van der Waals surface area contributed by atoms with Crippen molar-refractivity contribution in [3.8, 4) is 11.3 Å². The van der Waals surface area contributed by atoms with Crippen LogP contribution < -0.4 is 0 Å². The van der Waals surface area contributed by atoms with Crippen molar-refractivity contribution in [2.45, 2.75) is 34.1 Å². The summed E-state index contributed by atoms with van der Waals surface area (Å²) in [5.41, 5.74) is 4.48. The van der Waals surface area contributed by atoms with E-state index in [-0.39, 0.29) is 24.3 Å². The van der Waals surface area contributed by atoms with Crippen LogP contribution in [0.15, 0.2) is 36.4 Å². The van der Waals surface area contributed by atoms with Gasteiger partial charge in [-0.1, -0.05) is 36.8 Å². The lowest BCUT2D eigenvalue weighted by Crippen LogP contribution is -2.14. The Hall–Kier alpha value is -3.15. The molecule has 146 valence electrons. The zero-order chi connectivity index (χ0) is 20.3. The van der Waals surface area contributed by atoms with Crippen molar-refractivity contribution in [3.05, 3.63) is 58.8 Å². The van der Waals surface area contributed by atoms with Crippen molar-refractivity contribution in [3.63, 3.8) is 0 Å². The van der Waals surface area contributed by atoms with Gasteiger partial charge in [0.05, 0.1) is 35.7 Å². The highest BCUT2D eigenvalue weighted by Gasteiger charge is 2.30. The average Bonchev–Trinajstić information content (AvgIpc) is 3.02. The van der Waals surface area contributed by atoms with Crippen molar-refractivity contribution in [2.75, 3.05) is 13.2 Å². The topological polar surface area (TPSA) is 69.9 Å². The van der Waals surface area contributed by atoms with E-state index < -0.39 is 11.9 Å². The Morgan fingerprint density at radius 3 is 2.07 bits per heavy atom. The van der Waals surface area contributed by atoms with Gasteiger partial charge in [-0.15, -0.1) is 0 Å². The SMILES string of the molecule is CCOC(=O)c1c(C(=O)OCC)c2ccc(-c3ccc(C)cc3)nn2c1CC. The third-order valence-electron chi connectivity index (χ3n) is 4.53. The Balaban J connectivity index is 2.26. The van der Waals surface area contributed by atoms with Gasteiger partial charge >= 0.3 is 11.9 Å². The fourth-order valence-corrected chi connectivity index (χ4v) is 3.23. The molecule has 0 fully saturated rings. The van der Waals surface area contributed by atoms with Gasteiger partial charge < -0.3 is 9.47 Å². The summed E-state index contributed by atoms with van der Waals surface area (Å²) in [5, 5.41) is 4.71. The third-order valence-corrected chi connectivity index (χ3v) is 4.53. The van der Waals surface area contributed by atoms with E-state index in [4.69, 9.17) is 14.6 Å². The van der Waals surface area contributed by atoms with Crippen LogP contribution in [0.5, 0.6) is 0 Å². The number of benzene rings is 1. The first kappa shape index (κ1) is 19.6. The van der Waals surface area contributed by atoms with E-state index in [1.165, 1.54) is 0 Å². The van der Waals surface area contributed by atoms with Crippen LogP contribution in [-0.2, 0) is 15.9 Å². The smallest absolute Gasteiger partial charge is 0.341 e. The van der Waals surface area contributed by atoms with E-state index >= 15 is 0 Å². The van der Waals surface area contributed by atoms with Crippen LogP contribution in [0.1, 0.15) is 52.7 Å². The van der Waals surface area contributed by atoms with Gasteiger partial charge in [0, 0.05) is 5.56 Å². The largest absolute Gasteiger partial charge is 0.462 e. The predicted octanol–water partition coefficient (Wildman–Crippen LogP) is 4.23. The Morgan fingerprint density at radius 1 is 0.893 bits per heavy atom. The van der Waals surface area contributed by atoms with Gasteiger partial charge in [0.1, 0.15) is 5.56 Å². The van der Waals surface area contributed by atoms with E-state index in [9.17, 15) is 9.59 Å². The zero-order valence-corrected chi connectivity index (χ0v) is 16.6. The van der Waals surface area contributed by atoms with Crippen molar-refractivity contribution in [2.24, 2.45) is 0 Å². The lowest BCUT2D eigenvalue weighted by atomic mass is 10.1. The van der Waals surface area contributed by atoms with Crippen LogP contribution in [0.3, 0.4) is 0 Å². The molecule has 2 heterocycles. The molecule has 0 N–H and O–H groups in total. The monoisotopic (exact) mass is 380 g/mol. The van der Waals surface area contributed by atoms with Crippen LogP contribution in [0.2, 0.25) is 0 Å². The molecule has 1 aromatic carbocycles. The molecule has 0 amide bonds. The Morgan fingerprint density at radius 2 is 1.50 bits per heavy atom. The quantitative estimate of drug-likeness (QED) is 0.599. The number of aromatic nitrogens is 2. The van der Waals surface area contributed by atoms with Crippen molar-refractivity contribution < 1.29 is 19.1 Å². The van der Waals surface area contributed by atoms with Crippen LogP contribution in [-0.4, -0.2) is 34.8 Å². The Labute approximate surface area is 164 Å². The van der Waals surface area contributed by atoms with E-state index in [0.29, 0.717) is 17.6 Å². The molecular weight excluding hydrogens is 356 g/mol. The predicted molar refractivity (Wildman–Crippen MR) is 107 cm³/mol. The second-order valence-corrected chi connectivity index (χ2v) is 6.37. The summed E-state index contributed by atoms with van der Waals surface area (Å²) in [6.45, 7) is 7.84. The first-order valence-corrected chi connectivity index (χ1v) is 9.47. The fraction of sp³-hybridized carbons (Fsp3) is 0.318. The van der Waals surface area contributed by atoms with Crippen LogP contribution in [0, 0.1) is 6.92 Å². The van der Waals surface area contributed by atoms with E-state index in [1.807, 2.05) is 44.2 Å².